The fourth-order valence-electron chi connectivity index (χ4n) is 2.36. The number of carboxylic acid groups (broad SMARTS) is 1. The van der Waals surface area contributed by atoms with E-state index in [0.29, 0.717) is 42.1 Å². The largest absolute Gasteiger partial charge is 0.491 e. The van der Waals surface area contributed by atoms with Gasteiger partial charge in [0.2, 0.25) is 0 Å². The smallest absolute Gasteiger partial charge is 0.325 e. The second kappa shape index (κ2) is 11.7. The van der Waals surface area contributed by atoms with Crippen LogP contribution in [0.25, 0.3) is 0 Å². The number of ether oxygens (including phenoxy) is 1. The van der Waals surface area contributed by atoms with Gasteiger partial charge in [-0.05, 0) is 30.5 Å². The highest BCUT2D eigenvalue weighted by Gasteiger charge is 2.12. The average molecular weight is 450 g/mol. The molecule has 31 heavy (non-hydrogen) atoms. The molecular formula is C20H27N5O5S. The van der Waals surface area contributed by atoms with E-state index in [1.807, 2.05) is 32.9 Å². The van der Waals surface area contributed by atoms with E-state index >= 15 is 0 Å². The number of nitrogens with zero attached hydrogens (tertiary/aromatic N) is 1. The van der Waals surface area contributed by atoms with Crippen LogP contribution in [-0.2, 0) is 11.2 Å². The van der Waals surface area contributed by atoms with Gasteiger partial charge in [-0.2, -0.15) is 0 Å². The lowest BCUT2D eigenvalue weighted by atomic mass is 10.2. The molecule has 0 saturated carbocycles. The number of carboxylic acids is 1. The first-order valence-corrected chi connectivity index (χ1v) is 10.5. The van der Waals surface area contributed by atoms with Gasteiger partial charge in [-0.3, -0.25) is 10.1 Å². The van der Waals surface area contributed by atoms with Crippen molar-refractivity contribution in [2.24, 2.45) is 5.92 Å². The number of carbonyl (C=O) groups excluding carboxylic acids is 2. The number of amides is 4. The quantitative estimate of drug-likeness (QED) is 0.377. The molecule has 5 N–H and O–H groups in total. The van der Waals surface area contributed by atoms with Gasteiger partial charge < -0.3 is 25.8 Å². The second-order valence-electron chi connectivity index (χ2n) is 7.17. The minimum absolute atomic E-state index is 0.305. The predicted octanol–water partition coefficient (Wildman–Crippen LogP) is 3.06. The topological polar surface area (TPSA) is 142 Å². The highest BCUT2D eigenvalue weighted by molar-refractivity contribution is 7.15. The van der Waals surface area contributed by atoms with Crippen molar-refractivity contribution in [2.75, 3.05) is 30.3 Å². The Morgan fingerprint density at radius 1 is 1.16 bits per heavy atom. The first-order chi connectivity index (χ1) is 14.7. The number of anilines is 2. The molecule has 10 nitrogen and oxygen atoms in total. The lowest BCUT2D eigenvalue weighted by Crippen LogP contribution is -2.39. The SMILES string of the molecule is Cc1ccc(NC(=O)Nc2ncc(CCNC(=O)NCC(=O)O)s2)c(OCC(C)C)c1. The molecule has 0 bridgehead atoms. The molecule has 2 aromatic rings. The summed E-state index contributed by atoms with van der Waals surface area (Å²) in [6.07, 6.45) is 2.10. The van der Waals surface area contributed by atoms with Crippen LogP contribution in [0, 0.1) is 12.8 Å². The summed E-state index contributed by atoms with van der Waals surface area (Å²) in [6.45, 7) is 6.45. The minimum atomic E-state index is -1.11. The molecule has 0 unspecified atom stereocenters. The molecule has 11 heteroatoms. The lowest BCUT2D eigenvalue weighted by molar-refractivity contribution is -0.135. The number of carbonyl (C=O) groups is 3. The highest BCUT2D eigenvalue weighted by atomic mass is 32.1. The molecule has 1 heterocycles. The number of benzene rings is 1. The van der Waals surface area contributed by atoms with E-state index in [0.717, 1.165) is 10.4 Å². The summed E-state index contributed by atoms with van der Waals surface area (Å²) in [6, 6.07) is 4.56. The van der Waals surface area contributed by atoms with Gasteiger partial charge in [0, 0.05) is 24.0 Å². The van der Waals surface area contributed by atoms with E-state index in [4.69, 9.17) is 9.84 Å². The van der Waals surface area contributed by atoms with E-state index in [9.17, 15) is 14.4 Å². The number of aliphatic carboxylic acids is 1. The Balaban J connectivity index is 1.84. The Morgan fingerprint density at radius 2 is 1.94 bits per heavy atom. The number of aryl methyl sites for hydroxylation is 1. The first-order valence-electron chi connectivity index (χ1n) is 9.72. The Morgan fingerprint density at radius 3 is 2.65 bits per heavy atom. The molecule has 0 fully saturated rings. The van der Waals surface area contributed by atoms with Crippen molar-refractivity contribution in [3.8, 4) is 5.75 Å². The Labute approximate surface area is 184 Å². The Kier molecular flexibility index (Phi) is 9.07. The van der Waals surface area contributed by atoms with Crippen molar-refractivity contribution in [3.63, 3.8) is 0 Å². The van der Waals surface area contributed by atoms with Crippen LogP contribution in [0.3, 0.4) is 0 Å². The molecule has 2 rings (SSSR count). The molecule has 4 amide bonds. The minimum Gasteiger partial charge on any atom is -0.491 e. The normalized spacial score (nSPS) is 10.5. The van der Waals surface area contributed by atoms with Crippen molar-refractivity contribution in [3.05, 3.63) is 34.8 Å². The molecule has 1 aromatic heterocycles. The summed E-state index contributed by atoms with van der Waals surface area (Å²) in [5.41, 5.74) is 1.59. The predicted molar refractivity (Wildman–Crippen MR) is 119 cm³/mol. The van der Waals surface area contributed by atoms with E-state index in [2.05, 4.69) is 26.3 Å². The summed E-state index contributed by atoms with van der Waals surface area (Å²) in [7, 11) is 0. The highest BCUT2D eigenvalue weighted by Crippen LogP contribution is 2.27. The Hall–Kier alpha value is -3.34. The van der Waals surface area contributed by atoms with E-state index in [1.54, 1.807) is 12.3 Å². The third-order valence-corrected chi connectivity index (χ3v) is 4.76. The molecule has 0 radical (unpaired) electrons. The standard InChI is InChI=1S/C20H27N5O5S/c1-12(2)11-30-16-8-13(3)4-5-15(16)24-19(29)25-20-23-9-14(31-20)6-7-21-18(28)22-10-17(26)27/h4-5,8-9,12H,6-7,10-11H2,1-3H3,(H,26,27)(H2,21,22,28)(H2,23,24,25,29). The van der Waals surface area contributed by atoms with Gasteiger partial charge in [-0.15, -0.1) is 11.3 Å². The van der Waals surface area contributed by atoms with Gasteiger partial charge in [-0.1, -0.05) is 19.9 Å². The molecule has 0 spiro atoms. The van der Waals surface area contributed by atoms with Crippen molar-refractivity contribution in [1.29, 1.82) is 0 Å². The molecule has 0 atom stereocenters. The van der Waals surface area contributed by atoms with Gasteiger partial charge in [0.15, 0.2) is 5.13 Å². The molecule has 0 aliphatic carbocycles. The molecule has 1 aromatic carbocycles. The molecule has 0 aliphatic rings. The molecule has 0 aliphatic heterocycles. The monoisotopic (exact) mass is 449 g/mol. The third-order valence-electron chi connectivity index (χ3n) is 3.79. The van der Waals surface area contributed by atoms with Crippen molar-refractivity contribution < 1.29 is 24.2 Å². The van der Waals surface area contributed by atoms with Crippen LogP contribution < -0.4 is 26.0 Å². The van der Waals surface area contributed by atoms with Crippen molar-refractivity contribution in [1.82, 2.24) is 15.6 Å². The summed E-state index contributed by atoms with van der Waals surface area (Å²) >= 11 is 1.28. The lowest BCUT2D eigenvalue weighted by Gasteiger charge is -2.14. The number of urea groups is 2. The first kappa shape index (κ1) is 23.9. The van der Waals surface area contributed by atoms with Gasteiger partial charge in [0.25, 0.3) is 0 Å². The number of hydrogen-bond acceptors (Lipinski definition) is 6. The van der Waals surface area contributed by atoms with Gasteiger partial charge >= 0.3 is 18.0 Å². The summed E-state index contributed by atoms with van der Waals surface area (Å²) < 4.78 is 5.80. The van der Waals surface area contributed by atoms with E-state index in [1.165, 1.54) is 11.3 Å². The number of hydrogen-bond donors (Lipinski definition) is 5. The fraction of sp³-hybridized carbons (Fsp3) is 0.400. The summed E-state index contributed by atoms with van der Waals surface area (Å²) in [4.78, 5) is 39.2. The number of nitrogens with one attached hydrogen (secondary N) is 4. The molecular weight excluding hydrogens is 422 g/mol. The van der Waals surface area contributed by atoms with Crippen LogP contribution >= 0.6 is 11.3 Å². The molecule has 0 saturated heterocycles. The zero-order valence-electron chi connectivity index (χ0n) is 17.7. The maximum atomic E-state index is 12.4. The van der Waals surface area contributed by atoms with Crippen LogP contribution in [0.5, 0.6) is 5.75 Å². The maximum absolute atomic E-state index is 12.4. The van der Waals surface area contributed by atoms with E-state index < -0.39 is 24.6 Å². The van der Waals surface area contributed by atoms with Gasteiger partial charge in [0.05, 0.1) is 12.3 Å². The average Bonchev–Trinajstić information content (AvgIpc) is 3.13. The van der Waals surface area contributed by atoms with Crippen LogP contribution in [0.1, 0.15) is 24.3 Å². The second-order valence-corrected chi connectivity index (χ2v) is 8.28. The van der Waals surface area contributed by atoms with Gasteiger partial charge in [-0.25, -0.2) is 14.6 Å². The zero-order chi connectivity index (χ0) is 22.8. The van der Waals surface area contributed by atoms with Crippen LogP contribution in [0.15, 0.2) is 24.4 Å². The van der Waals surface area contributed by atoms with Crippen LogP contribution in [-0.4, -0.2) is 47.8 Å². The molecule has 168 valence electrons. The van der Waals surface area contributed by atoms with Crippen LogP contribution in [0.4, 0.5) is 20.4 Å². The summed E-state index contributed by atoms with van der Waals surface area (Å²) in [5.74, 6) is -0.152. The van der Waals surface area contributed by atoms with Crippen molar-refractivity contribution >= 4 is 40.2 Å². The Bertz CT molecular complexity index is 915. The van der Waals surface area contributed by atoms with E-state index in [-0.39, 0.29) is 0 Å². The number of rotatable bonds is 10. The third kappa shape index (κ3) is 8.91. The maximum Gasteiger partial charge on any atom is 0.325 e. The zero-order valence-corrected chi connectivity index (χ0v) is 18.5. The van der Waals surface area contributed by atoms with Crippen molar-refractivity contribution in [2.45, 2.75) is 27.2 Å². The number of aromatic nitrogens is 1. The van der Waals surface area contributed by atoms with Gasteiger partial charge in [0.1, 0.15) is 12.3 Å². The fourth-order valence-corrected chi connectivity index (χ4v) is 3.16. The summed E-state index contributed by atoms with van der Waals surface area (Å²) in [5, 5.41) is 19.2. The van der Waals surface area contributed by atoms with Crippen LogP contribution in [0.2, 0.25) is 0 Å². The number of thiazole rings is 1.